The van der Waals surface area contributed by atoms with Gasteiger partial charge in [0.05, 0.1) is 5.56 Å². The third-order valence-corrected chi connectivity index (χ3v) is 3.53. The first-order chi connectivity index (χ1) is 9.17. The number of carbonyl (C=O) groups is 1. The van der Waals surface area contributed by atoms with E-state index >= 15 is 0 Å². The van der Waals surface area contributed by atoms with Crippen LogP contribution in [0.4, 0.5) is 0 Å². The third kappa shape index (κ3) is 2.82. The van der Waals surface area contributed by atoms with E-state index in [1.165, 1.54) is 0 Å². The van der Waals surface area contributed by atoms with Gasteiger partial charge in [-0.2, -0.15) is 0 Å². The first-order valence-electron chi connectivity index (χ1n) is 6.25. The van der Waals surface area contributed by atoms with Crippen LogP contribution >= 0.6 is 11.6 Å². The largest absolute Gasteiger partial charge is 0.506 e. The Morgan fingerprint density at radius 3 is 2.74 bits per heavy atom. The molecule has 2 aromatic rings. The summed E-state index contributed by atoms with van der Waals surface area (Å²) in [7, 11) is 0. The number of hydrogen-bond acceptors (Lipinski definition) is 2. The van der Waals surface area contributed by atoms with Crippen molar-refractivity contribution in [2.45, 2.75) is 19.4 Å². The summed E-state index contributed by atoms with van der Waals surface area (Å²) < 4.78 is 0. The van der Waals surface area contributed by atoms with Crippen molar-refractivity contribution in [1.29, 1.82) is 0 Å². The lowest BCUT2D eigenvalue weighted by Gasteiger charge is -2.15. The molecule has 0 aliphatic rings. The SMILES string of the molecule is CCC(CCl)NC(=O)c1ccc2ccccc2c1O. The van der Waals surface area contributed by atoms with E-state index in [9.17, 15) is 9.90 Å². The van der Waals surface area contributed by atoms with Gasteiger partial charge in [0.15, 0.2) is 0 Å². The van der Waals surface area contributed by atoms with Gasteiger partial charge in [-0.25, -0.2) is 0 Å². The van der Waals surface area contributed by atoms with Gasteiger partial charge in [0.25, 0.3) is 5.91 Å². The summed E-state index contributed by atoms with van der Waals surface area (Å²) in [5, 5.41) is 14.6. The molecule has 1 unspecified atom stereocenters. The van der Waals surface area contributed by atoms with Crippen LogP contribution in [-0.2, 0) is 0 Å². The quantitative estimate of drug-likeness (QED) is 0.843. The van der Waals surface area contributed by atoms with Gasteiger partial charge >= 0.3 is 0 Å². The van der Waals surface area contributed by atoms with E-state index < -0.39 is 0 Å². The molecule has 0 saturated carbocycles. The van der Waals surface area contributed by atoms with Gasteiger partial charge in [0.1, 0.15) is 5.75 Å². The van der Waals surface area contributed by atoms with Crippen molar-refractivity contribution in [2.24, 2.45) is 0 Å². The summed E-state index contributed by atoms with van der Waals surface area (Å²) in [4.78, 5) is 12.1. The number of rotatable bonds is 4. The minimum absolute atomic E-state index is 0.0139. The van der Waals surface area contributed by atoms with Gasteiger partial charge in [0, 0.05) is 17.3 Å². The van der Waals surface area contributed by atoms with Crippen molar-refractivity contribution in [2.75, 3.05) is 5.88 Å². The highest BCUT2D eigenvalue weighted by atomic mass is 35.5. The summed E-state index contributed by atoms with van der Waals surface area (Å²) in [6.45, 7) is 1.95. The van der Waals surface area contributed by atoms with E-state index in [2.05, 4.69) is 5.32 Å². The number of phenolic OH excluding ortho intramolecular Hbond substituents is 1. The van der Waals surface area contributed by atoms with Gasteiger partial charge in [-0.05, 0) is 17.9 Å². The molecule has 2 rings (SSSR count). The second-order valence-electron chi connectivity index (χ2n) is 4.42. The zero-order valence-electron chi connectivity index (χ0n) is 10.7. The van der Waals surface area contributed by atoms with Gasteiger partial charge in [-0.3, -0.25) is 4.79 Å². The number of halogens is 1. The van der Waals surface area contributed by atoms with Crippen molar-refractivity contribution < 1.29 is 9.90 Å². The topological polar surface area (TPSA) is 49.3 Å². The predicted octanol–water partition coefficient (Wildman–Crippen LogP) is 3.29. The van der Waals surface area contributed by atoms with Crippen molar-refractivity contribution >= 4 is 28.3 Å². The van der Waals surface area contributed by atoms with Crippen LogP contribution in [0.1, 0.15) is 23.7 Å². The molecule has 0 aliphatic heterocycles. The zero-order chi connectivity index (χ0) is 13.8. The predicted molar refractivity (Wildman–Crippen MR) is 77.9 cm³/mol. The second-order valence-corrected chi connectivity index (χ2v) is 4.72. The fraction of sp³-hybridized carbons (Fsp3) is 0.267. The average molecular weight is 278 g/mol. The highest BCUT2D eigenvalue weighted by Gasteiger charge is 2.16. The molecular formula is C15H16ClNO2. The average Bonchev–Trinajstić information content (AvgIpc) is 2.45. The molecule has 0 radical (unpaired) electrons. The number of hydrogen-bond donors (Lipinski definition) is 2. The van der Waals surface area contributed by atoms with Crippen LogP contribution in [0.25, 0.3) is 10.8 Å². The Morgan fingerprint density at radius 2 is 2.05 bits per heavy atom. The van der Waals surface area contributed by atoms with Crippen LogP contribution in [0.3, 0.4) is 0 Å². The van der Waals surface area contributed by atoms with E-state index in [-0.39, 0.29) is 23.3 Å². The zero-order valence-corrected chi connectivity index (χ0v) is 11.4. The van der Waals surface area contributed by atoms with Crippen LogP contribution in [0.5, 0.6) is 5.75 Å². The Labute approximate surface area is 117 Å². The summed E-state index contributed by atoms with van der Waals surface area (Å²) in [5.74, 6) is 0.0760. The Morgan fingerprint density at radius 1 is 1.32 bits per heavy atom. The maximum Gasteiger partial charge on any atom is 0.255 e. The molecule has 2 N–H and O–H groups in total. The number of alkyl halides is 1. The summed E-state index contributed by atoms with van der Waals surface area (Å²) in [6.07, 6.45) is 0.754. The molecule has 1 atom stereocenters. The first kappa shape index (κ1) is 13.7. The lowest BCUT2D eigenvalue weighted by molar-refractivity contribution is 0.0937. The first-order valence-corrected chi connectivity index (χ1v) is 6.78. The lowest BCUT2D eigenvalue weighted by Crippen LogP contribution is -2.35. The molecular weight excluding hydrogens is 262 g/mol. The summed E-state index contributed by atoms with van der Waals surface area (Å²) in [6, 6.07) is 10.8. The number of benzene rings is 2. The molecule has 3 nitrogen and oxygen atoms in total. The van der Waals surface area contributed by atoms with Gasteiger partial charge in [-0.1, -0.05) is 37.3 Å². The summed E-state index contributed by atoms with van der Waals surface area (Å²) >= 11 is 5.76. The van der Waals surface area contributed by atoms with E-state index in [4.69, 9.17) is 11.6 Å². The van der Waals surface area contributed by atoms with Gasteiger partial charge < -0.3 is 10.4 Å². The molecule has 0 spiro atoms. The number of phenols is 1. The second kappa shape index (κ2) is 5.93. The van der Waals surface area contributed by atoms with Crippen LogP contribution < -0.4 is 5.32 Å². The molecule has 1 amide bonds. The van der Waals surface area contributed by atoms with Crippen LogP contribution in [0.15, 0.2) is 36.4 Å². The van der Waals surface area contributed by atoms with Gasteiger partial charge in [-0.15, -0.1) is 11.6 Å². The molecule has 0 heterocycles. The van der Waals surface area contributed by atoms with E-state index in [0.29, 0.717) is 11.3 Å². The van der Waals surface area contributed by atoms with E-state index in [0.717, 1.165) is 11.8 Å². The van der Waals surface area contributed by atoms with Crippen molar-refractivity contribution in [3.05, 3.63) is 42.0 Å². The van der Waals surface area contributed by atoms with Crippen LogP contribution in [-0.4, -0.2) is 22.9 Å². The highest BCUT2D eigenvalue weighted by molar-refractivity contribution is 6.18. The molecule has 19 heavy (non-hydrogen) atoms. The normalized spacial score (nSPS) is 12.3. The maximum absolute atomic E-state index is 12.1. The molecule has 0 fully saturated rings. The molecule has 0 aliphatic carbocycles. The maximum atomic E-state index is 12.1. The fourth-order valence-electron chi connectivity index (χ4n) is 1.95. The molecule has 0 aromatic heterocycles. The number of nitrogens with one attached hydrogen (secondary N) is 1. The number of carbonyl (C=O) groups excluding carboxylic acids is 1. The number of amides is 1. The fourth-order valence-corrected chi connectivity index (χ4v) is 2.25. The Hall–Kier alpha value is -1.74. The standard InChI is InChI=1S/C15H16ClNO2/c1-2-11(9-16)17-15(19)13-8-7-10-5-3-4-6-12(10)14(13)18/h3-8,11,18H,2,9H2,1H3,(H,17,19). The van der Waals surface area contributed by atoms with Crippen molar-refractivity contribution in [3.63, 3.8) is 0 Å². The van der Waals surface area contributed by atoms with E-state index in [1.807, 2.05) is 31.2 Å². The third-order valence-electron chi connectivity index (χ3n) is 3.16. The van der Waals surface area contributed by atoms with Crippen LogP contribution in [0.2, 0.25) is 0 Å². The number of fused-ring (bicyclic) bond motifs is 1. The minimum atomic E-state index is -0.296. The van der Waals surface area contributed by atoms with Crippen LogP contribution in [0, 0.1) is 0 Å². The minimum Gasteiger partial charge on any atom is -0.506 e. The smallest absolute Gasteiger partial charge is 0.255 e. The lowest BCUT2D eigenvalue weighted by atomic mass is 10.0. The molecule has 100 valence electrons. The molecule has 4 heteroatoms. The summed E-state index contributed by atoms with van der Waals surface area (Å²) in [5.41, 5.74) is 0.280. The number of aromatic hydroxyl groups is 1. The molecule has 0 saturated heterocycles. The monoisotopic (exact) mass is 277 g/mol. The van der Waals surface area contributed by atoms with Crippen molar-refractivity contribution in [1.82, 2.24) is 5.32 Å². The Bertz CT molecular complexity index is 594. The molecule has 2 aromatic carbocycles. The van der Waals surface area contributed by atoms with Crippen molar-refractivity contribution in [3.8, 4) is 5.75 Å². The Kier molecular flexibility index (Phi) is 4.27. The Balaban J connectivity index is 2.35. The molecule has 0 bridgehead atoms. The highest BCUT2D eigenvalue weighted by Crippen LogP contribution is 2.28. The van der Waals surface area contributed by atoms with E-state index in [1.54, 1.807) is 12.1 Å². The van der Waals surface area contributed by atoms with Gasteiger partial charge in [0.2, 0.25) is 0 Å².